The quantitative estimate of drug-likeness (QED) is 0.621. The maximum absolute atomic E-state index is 14.2. The highest BCUT2D eigenvalue weighted by Gasteiger charge is 2.20. The molecule has 0 bridgehead atoms. The van der Waals surface area contributed by atoms with E-state index in [0.717, 1.165) is 37.9 Å². The molecule has 0 aliphatic carbocycles. The first kappa shape index (κ1) is 22.1. The van der Waals surface area contributed by atoms with E-state index in [1.54, 1.807) is 12.3 Å². The van der Waals surface area contributed by atoms with Crippen molar-refractivity contribution in [1.82, 2.24) is 18.8 Å². The van der Waals surface area contributed by atoms with Crippen LogP contribution in [0, 0.1) is 13.8 Å². The first-order valence-corrected chi connectivity index (χ1v) is 11.0. The van der Waals surface area contributed by atoms with Gasteiger partial charge in [0.25, 0.3) is 10.0 Å². The van der Waals surface area contributed by atoms with E-state index in [2.05, 4.69) is 9.97 Å². The van der Waals surface area contributed by atoms with Gasteiger partial charge in [-0.2, -0.15) is 0 Å². The predicted octanol–water partition coefficient (Wildman–Crippen LogP) is 2.70. The highest BCUT2D eigenvalue weighted by Crippen LogP contribution is 2.28. The van der Waals surface area contributed by atoms with E-state index in [1.807, 2.05) is 30.5 Å². The van der Waals surface area contributed by atoms with Gasteiger partial charge in [0, 0.05) is 50.2 Å². The van der Waals surface area contributed by atoms with Gasteiger partial charge in [-0.05, 0) is 43.7 Å². The van der Waals surface area contributed by atoms with Crippen LogP contribution in [-0.2, 0) is 23.0 Å². The number of pyridine rings is 2. The first-order valence-electron chi connectivity index (χ1n) is 9.52. The van der Waals surface area contributed by atoms with Gasteiger partial charge in [0.2, 0.25) is 0 Å². The predicted molar refractivity (Wildman–Crippen MR) is 115 cm³/mol. The number of aromatic nitrogens is 3. The minimum Gasteiger partial charge on any atom is -0.336 e. The molecule has 0 aliphatic rings. The van der Waals surface area contributed by atoms with Gasteiger partial charge in [-0.3, -0.25) is 4.98 Å². The minimum absolute atomic E-state index is 0.00152. The molecule has 30 heavy (non-hydrogen) atoms. The van der Waals surface area contributed by atoms with Crippen LogP contribution < -0.4 is 5.73 Å². The lowest BCUT2D eigenvalue weighted by Crippen LogP contribution is -2.23. The van der Waals surface area contributed by atoms with Crippen LogP contribution in [0.4, 0.5) is 4.39 Å². The van der Waals surface area contributed by atoms with E-state index in [9.17, 15) is 12.8 Å². The Bertz CT molecular complexity index is 1200. The van der Waals surface area contributed by atoms with E-state index in [1.165, 1.54) is 26.2 Å². The van der Waals surface area contributed by atoms with E-state index in [4.69, 9.17) is 5.73 Å². The minimum atomic E-state index is -3.58. The third-order valence-corrected chi connectivity index (χ3v) is 6.73. The zero-order valence-corrected chi connectivity index (χ0v) is 18.4. The monoisotopic (exact) mass is 431 g/mol. The Hall–Kier alpha value is -2.62. The largest absolute Gasteiger partial charge is 0.336 e. The normalized spacial score (nSPS) is 12.8. The van der Waals surface area contributed by atoms with Gasteiger partial charge in [0.05, 0.1) is 17.6 Å². The Morgan fingerprint density at radius 2 is 1.97 bits per heavy atom. The highest BCUT2D eigenvalue weighted by atomic mass is 32.2. The summed E-state index contributed by atoms with van der Waals surface area (Å²) < 4.78 is 41.7. The van der Waals surface area contributed by atoms with Crippen molar-refractivity contribution >= 4 is 21.1 Å². The molecular weight excluding hydrogens is 405 g/mol. The molecule has 0 radical (unpaired) electrons. The van der Waals surface area contributed by atoms with Crippen LogP contribution >= 0.6 is 0 Å². The summed E-state index contributed by atoms with van der Waals surface area (Å²) in [5, 5.41) is -0.00152. The maximum Gasteiger partial charge on any atom is 0.260 e. The topological polar surface area (TPSA) is 94.1 Å². The Morgan fingerprint density at radius 3 is 2.57 bits per heavy atom. The number of hydrogen-bond acceptors (Lipinski definition) is 5. The summed E-state index contributed by atoms with van der Waals surface area (Å²) in [5.74, 6) is -0.301. The molecule has 3 aromatic heterocycles. The molecular formula is C21H26FN5O2S. The van der Waals surface area contributed by atoms with Crippen molar-refractivity contribution in [3.63, 3.8) is 0 Å². The van der Waals surface area contributed by atoms with Gasteiger partial charge in [-0.15, -0.1) is 0 Å². The number of hydrogen-bond donors (Lipinski definition) is 1. The van der Waals surface area contributed by atoms with Gasteiger partial charge in [-0.1, -0.05) is 6.07 Å². The molecule has 0 saturated carbocycles. The van der Waals surface area contributed by atoms with Crippen LogP contribution in [0.5, 0.6) is 0 Å². The van der Waals surface area contributed by atoms with Crippen molar-refractivity contribution in [1.29, 1.82) is 0 Å². The van der Waals surface area contributed by atoms with Crippen LogP contribution in [0.3, 0.4) is 0 Å². The second-order valence-electron chi connectivity index (χ2n) is 7.33. The number of halogens is 1. The molecule has 3 heterocycles. The van der Waals surface area contributed by atoms with Crippen LogP contribution in [0.2, 0.25) is 0 Å². The first-order chi connectivity index (χ1) is 14.1. The van der Waals surface area contributed by atoms with E-state index in [-0.39, 0.29) is 23.9 Å². The summed E-state index contributed by atoms with van der Waals surface area (Å²) in [6.07, 6.45) is 3.42. The molecule has 0 unspecified atom stereocenters. The maximum atomic E-state index is 14.2. The lowest BCUT2D eigenvalue weighted by Gasteiger charge is -2.11. The van der Waals surface area contributed by atoms with Crippen molar-refractivity contribution in [2.24, 2.45) is 5.73 Å². The summed E-state index contributed by atoms with van der Waals surface area (Å²) in [6, 6.07) is 7.09. The number of sulfonamides is 1. The number of fused-ring (bicyclic) bond motifs is 1. The van der Waals surface area contributed by atoms with Gasteiger partial charge in [0.15, 0.2) is 5.03 Å². The van der Waals surface area contributed by atoms with Crippen molar-refractivity contribution in [3.05, 3.63) is 64.9 Å². The fourth-order valence-corrected chi connectivity index (χ4v) is 4.12. The fourth-order valence-electron chi connectivity index (χ4n) is 3.32. The second-order valence-corrected chi connectivity index (χ2v) is 9.42. The molecule has 160 valence electrons. The average molecular weight is 432 g/mol. The van der Waals surface area contributed by atoms with Crippen LogP contribution in [0.15, 0.2) is 47.4 Å². The van der Waals surface area contributed by atoms with Crippen LogP contribution in [-0.4, -0.2) is 47.9 Å². The number of nitrogens with two attached hydrogens (primary N) is 1. The molecule has 2 N–H and O–H groups in total. The average Bonchev–Trinajstić information content (AvgIpc) is 2.93. The standard InChI is InChI=1S/C21H26FN5O2S/c1-14-5-7-19-21(25-14)18(15(2)27(19)13-17(22)9-10-23)11-16-6-8-20(24-12-16)30(28,29)26(3)4/h5-9,12H,10-11,13,23H2,1-4H3. The third kappa shape index (κ3) is 4.28. The summed E-state index contributed by atoms with van der Waals surface area (Å²) in [6.45, 7) is 4.07. The van der Waals surface area contributed by atoms with Crippen molar-refractivity contribution < 1.29 is 12.8 Å². The smallest absolute Gasteiger partial charge is 0.260 e. The molecule has 0 fully saturated rings. The number of aryl methyl sites for hydroxylation is 1. The third-order valence-electron chi connectivity index (χ3n) is 5.00. The van der Waals surface area contributed by atoms with Crippen LogP contribution in [0.1, 0.15) is 22.5 Å². The Labute approximate surface area is 176 Å². The lowest BCUT2D eigenvalue weighted by molar-refractivity contribution is 0.517. The molecule has 0 aliphatic heterocycles. The fraction of sp³-hybridized carbons (Fsp3) is 0.333. The zero-order valence-electron chi connectivity index (χ0n) is 17.6. The van der Waals surface area contributed by atoms with Gasteiger partial charge >= 0.3 is 0 Å². The Balaban J connectivity index is 2.03. The van der Waals surface area contributed by atoms with Crippen molar-refractivity contribution in [3.8, 4) is 0 Å². The number of allylic oxidation sites excluding steroid dienone is 1. The summed E-state index contributed by atoms with van der Waals surface area (Å²) >= 11 is 0. The highest BCUT2D eigenvalue weighted by molar-refractivity contribution is 7.89. The second kappa shape index (κ2) is 8.63. The molecule has 0 spiro atoms. The molecule has 0 amide bonds. The van der Waals surface area contributed by atoms with E-state index < -0.39 is 10.0 Å². The molecule has 3 rings (SSSR count). The molecule has 0 saturated heterocycles. The molecule has 3 aromatic rings. The Morgan fingerprint density at radius 1 is 1.23 bits per heavy atom. The van der Waals surface area contributed by atoms with Crippen molar-refractivity contribution in [2.45, 2.75) is 31.8 Å². The number of rotatable bonds is 7. The van der Waals surface area contributed by atoms with Crippen molar-refractivity contribution in [2.75, 3.05) is 20.6 Å². The lowest BCUT2D eigenvalue weighted by atomic mass is 10.1. The van der Waals surface area contributed by atoms with Gasteiger partial charge < -0.3 is 10.3 Å². The number of nitrogens with zero attached hydrogens (tertiary/aromatic N) is 4. The summed E-state index contributed by atoms with van der Waals surface area (Å²) in [5.41, 5.74) is 10.6. The Kier molecular flexibility index (Phi) is 6.35. The summed E-state index contributed by atoms with van der Waals surface area (Å²) in [7, 11) is -0.647. The molecule has 0 aromatic carbocycles. The molecule has 0 atom stereocenters. The van der Waals surface area contributed by atoms with Crippen LogP contribution in [0.25, 0.3) is 11.0 Å². The van der Waals surface area contributed by atoms with Gasteiger partial charge in [0.1, 0.15) is 5.83 Å². The molecule has 9 heteroatoms. The van der Waals surface area contributed by atoms with E-state index in [0.29, 0.717) is 6.42 Å². The zero-order chi connectivity index (χ0) is 22.1. The molecule has 7 nitrogen and oxygen atoms in total. The summed E-state index contributed by atoms with van der Waals surface area (Å²) in [4.78, 5) is 8.81. The SMILES string of the molecule is Cc1ccc2c(n1)c(Cc1ccc(S(=O)(=O)N(C)C)nc1)c(C)n2CC(F)=CCN. The van der Waals surface area contributed by atoms with E-state index >= 15 is 0 Å². The van der Waals surface area contributed by atoms with Gasteiger partial charge in [-0.25, -0.2) is 22.1 Å².